The van der Waals surface area contributed by atoms with E-state index < -0.39 is 18.5 Å². The summed E-state index contributed by atoms with van der Waals surface area (Å²) in [5.74, 6) is 0. The highest BCUT2D eigenvalue weighted by atomic mass is 16.6. The van der Waals surface area contributed by atoms with Crippen LogP contribution in [0.4, 0.5) is 0 Å². The highest BCUT2D eigenvalue weighted by Crippen LogP contribution is 2.25. The molecule has 2 heterocycles. The second-order valence-electron chi connectivity index (χ2n) is 3.75. The molecule has 2 rings (SSSR count). The number of aliphatic hydroxyl groups is 3. The third-order valence-electron chi connectivity index (χ3n) is 2.77. The van der Waals surface area contributed by atoms with Gasteiger partial charge in [0.15, 0.2) is 6.29 Å². The molecule has 2 aliphatic rings. The van der Waals surface area contributed by atoms with E-state index >= 15 is 0 Å². The lowest BCUT2D eigenvalue weighted by Crippen LogP contribution is -2.64. The Bertz CT molecular complexity index is 189. The quantitative estimate of drug-likeness (QED) is 0.390. The Kier molecular flexibility index (Phi) is 2.53. The highest BCUT2D eigenvalue weighted by molar-refractivity contribution is 4.94. The normalized spacial score (nSPS) is 50.5. The number of nitrogens with one attached hydrogen (secondary N) is 1. The lowest BCUT2D eigenvalue weighted by molar-refractivity contribution is -0.216. The fourth-order valence-corrected chi connectivity index (χ4v) is 2.09. The molecule has 0 aromatic rings. The van der Waals surface area contributed by atoms with Crippen LogP contribution in [-0.2, 0) is 4.74 Å². The Morgan fingerprint density at radius 1 is 1.23 bits per heavy atom. The smallest absolute Gasteiger partial charge is 0.170 e. The largest absolute Gasteiger partial charge is 0.394 e. The molecule has 2 aliphatic heterocycles. The molecule has 0 unspecified atom stereocenters. The van der Waals surface area contributed by atoms with Gasteiger partial charge in [0.05, 0.1) is 24.9 Å². The van der Waals surface area contributed by atoms with Crippen molar-refractivity contribution in [3.8, 4) is 0 Å². The number of hydrogen-bond acceptors (Lipinski definition) is 5. The van der Waals surface area contributed by atoms with Crippen LogP contribution in [0.3, 0.4) is 0 Å². The van der Waals surface area contributed by atoms with Crippen LogP contribution < -0.4 is 5.32 Å². The van der Waals surface area contributed by atoms with Crippen molar-refractivity contribution in [1.82, 2.24) is 5.32 Å². The van der Waals surface area contributed by atoms with Gasteiger partial charge in [-0.15, -0.1) is 0 Å². The fraction of sp³-hybridized carbons (Fsp3) is 1.00. The third-order valence-corrected chi connectivity index (χ3v) is 2.77. The molecule has 0 spiro atoms. The van der Waals surface area contributed by atoms with E-state index in [1.165, 1.54) is 0 Å². The van der Waals surface area contributed by atoms with E-state index in [4.69, 9.17) is 9.84 Å². The molecular formula is C8H15NO4. The van der Waals surface area contributed by atoms with Crippen molar-refractivity contribution >= 4 is 0 Å². The number of ether oxygens (including phenoxy) is 1. The van der Waals surface area contributed by atoms with Gasteiger partial charge in [-0.25, -0.2) is 0 Å². The van der Waals surface area contributed by atoms with Crippen molar-refractivity contribution in [3.63, 3.8) is 0 Å². The van der Waals surface area contributed by atoms with Crippen LogP contribution in [0.2, 0.25) is 0 Å². The van der Waals surface area contributed by atoms with Crippen molar-refractivity contribution in [2.24, 2.45) is 0 Å². The lowest BCUT2D eigenvalue weighted by atomic mass is 9.90. The van der Waals surface area contributed by atoms with Crippen LogP contribution in [-0.4, -0.2) is 52.5 Å². The molecule has 0 aromatic heterocycles. The Morgan fingerprint density at radius 2 is 1.92 bits per heavy atom. The molecule has 2 saturated heterocycles. The van der Waals surface area contributed by atoms with Gasteiger partial charge in [-0.05, 0) is 12.8 Å². The van der Waals surface area contributed by atoms with Gasteiger partial charge in [0.2, 0.25) is 0 Å². The minimum atomic E-state index is -0.914. The van der Waals surface area contributed by atoms with Gasteiger partial charge in [0.1, 0.15) is 0 Å². The first-order chi connectivity index (χ1) is 6.20. The number of rotatable bonds is 1. The number of morpholine rings is 1. The van der Waals surface area contributed by atoms with E-state index in [2.05, 4.69) is 5.32 Å². The van der Waals surface area contributed by atoms with Crippen LogP contribution in [0.25, 0.3) is 0 Å². The molecule has 2 bridgehead atoms. The maximum Gasteiger partial charge on any atom is 0.170 e. The summed E-state index contributed by atoms with van der Waals surface area (Å²) < 4.78 is 5.18. The first kappa shape index (κ1) is 9.36. The van der Waals surface area contributed by atoms with Crippen molar-refractivity contribution in [2.45, 2.75) is 43.4 Å². The summed E-state index contributed by atoms with van der Waals surface area (Å²) in [4.78, 5) is 0. The average molecular weight is 189 g/mol. The van der Waals surface area contributed by atoms with Crippen LogP contribution >= 0.6 is 0 Å². The van der Waals surface area contributed by atoms with Gasteiger partial charge in [-0.3, -0.25) is 0 Å². The average Bonchev–Trinajstić information content (AvgIpc) is 2.11. The van der Waals surface area contributed by atoms with Crippen LogP contribution in [0.15, 0.2) is 0 Å². The molecule has 5 nitrogen and oxygen atoms in total. The van der Waals surface area contributed by atoms with Crippen LogP contribution in [0.1, 0.15) is 12.8 Å². The van der Waals surface area contributed by atoms with Crippen molar-refractivity contribution < 1.29 is 20.1 Å². The summed E-state index contributed by atoms with van der Waals surface area (Å²) in [5.41, 5.74) is 0. The summed E-state index contributed by atoms with van der Waals surface area (Å²) in [6.45, 7) is -0.131. The van der Waals surface area contributed by atoms with Crippen molar-refractivity contribution in [3.05, 3.63) is 0 Å². The third kappa shape index (κ3) is 1.70. The van der Waals surface area contributed by atoms with Crippen molar-refractivity contribution in [2.75, 3.05) is 6.61 Å². The van der Waals surface area contributed by atoms with Gasteiger partial charge in [-0.2, -0.15) is 0 Å². The molecule has 5 heteroatoms. The maximum atomic E-state index is 9.46. The Morgan fingerprint density at radius 3 is 2.62 bits per heavy atom. The van der Waals surface area contributed by atoms with Gasteiger partial charge in [0, 0.05) is 6.04 Å². The van der Waals surface area contributed by atoms with Gasteiger partial charge in [0.25, 0.3) is 0 Å². The van der Waals surface area contributed by atoms with Crippen LogP contribution in [0, 0.1) is 0 Å². The zero-order chi connectivity index (χ0) is 9.42. The second kappa shape index (κ2) is 3.51. The number of aliphatic hydroxyl groups excluding tert-OH is 3. The second-order valence-corrected chi connectivity index (χ2v) is 3.75. The summed E-state index contributed by atoms with van der Waals surface area (Å²) in [7, 11) is 0. The monoisotopic (exact) mass is 189 g/mol. The molecule has 0 amide bonds. The summed E-state index contributed by atoms with van der Waals surface area (Å²) >= 11 is 0. The Hall–Kier alpha value is -0.200. The molecule has 0 aromatic carbocycles. The number of piperidine rings is 1. The van der Waals surface area contributed by atoms with Gasteiger partial charge >= 0.3 is 0 Å². The summed E-state index contributed by atoms with van der Waals surface area (Å²) in [5, 5.41) is 31.0. The molecule has 5 atom stereocenters. The number of hydrogen-bond donors (Lipinski definition) is 4. The van der Waals surface area contributed by atoms with Crippen molar-refractivity contribution in [1.29, 1.82) is 0 Å². The zero-order valence-electron chi connectivity index (χ0n) is 7.26. The lowest BCUT2D eigenvalue weighted by Gasteiger charge is -2.45. The Labute approximate surface area is 76.3 Å². The molecule has 4 N–H and O–H groups in total. The minimum Gasteiger partial charge on any atom is -0.394 e. The first-order valence-electron chi connectivity index (χ1n) is 4.59. The predicted molar refractivity (Wildman–Crippen MR) is 43.9 cm³/mol. The predicted octanol–water partition coefficient (Wildman–Crippen LogP) is -1.82. The molecule has 0 saturated carbocycles. The number of fused-ring (bicyclic) bond motifs is 2. The Balaban J connectivity index is 2.06. The van der Waals surface area contributed by atoms with Gasteiger partial charge in [-0.1, -0.05) is 0 Å². The summed E-state index contributed by atoms with van der Waals surface area (Å²) in [6, 6.07) is -0.237. The molecule has 0 aliphatic carbocycles. The topological polar surface area (TPSA) is 82.0 Å². The first-order valence-corrected chi connectivity index (χ1v) is 4.59. The standard InChI is InChI=1S/C8H15NO4/c10-3-7-5-1-4(11)2-6(9-5)8(12)13-7/h4-12H,1-3H2/t4-,5-,6+,7+,8+/m1/s1. The van der Waals surface area contributed by atoms with E-state index in [1.54, 1.807) is 0 Å². The van der Waals surface area contributed by atoms with Gasteiger partial charge < -0.3 is 25.4 Å². The summed E-state index contributed by atoms with van der Waals surface area (Å²) in [6.07, 6.45) is -0.627. The highest BCUT2D eigenvalue weighted by Gasteiger charge is 2.41. The molecule has 2 fully saturated rings. The molecular weight excluding hydrogens is 174 g/mol. The minimum absolute atomic E-state index is 0.0397. The molecule has 0 radical (unpaired) electrons. The van der Waals surface area contributed by atoms with E-state index in [0.29, 0.717) is 12.8 Å². The maximum absolute atomic E-state index is 9.46. The molecule has 13 heavy (non-hydrogen) atoms. The van der Waals surface area contributed by atoms with Crippen LogP contribution in [0.5, 0.6) is 0 Å². The van der Waals surface area contributed by atoms with E-state index in [1.807, 2.05) is 0 Å². The SMILES string of the molecule is OC[C@@H]1O[C@H](O)[C@@H]2C[C@H](O)C[C@H]1N2. The van der Waals surface area contributed by atoms with E-state index in [-0.39, 0.29) is 18.7 Å². The van der Waals surface area contributed by atoms with E-state index in [9.17, 15) is 10.2 Å². The molecule has 76 valence electrons. The fourth-order valence-electron chi connectivity index (χ4n) is 2.09. The van der Waals surface area contributed by atoms with E-state index in [0.717, 1.165) is 0 Å². The zero-order valence-corrected chi connectivity index (χ0v) is 7.26.